The third-order valence-corrected chi connectivity index (χ3v) is 4.62. The summed E-state index contributed by atoms with van der Waals surface area (Å²) in [6, 6.07) is 0. The van der Waals surface area contributed by atoms with Crippen molar-refractivity contribution >= 4 is 0 Å². The number of hydrogen-bond donors (Lipinski definition) is 1. The lowest BCUT2D eigenvalue weighted by molar-refractivity contribution is 0.185. The van der Waals surface area contributed by atoms with Gasteiger partial charge in [0, 0.05) is 26.2 Å². The zero-order valence-corrected chi connectivity index (χ0v) is 11.4. The van der Waals surface area contributed by atoms with Crippen molar-refractivity contribution in [3.63, 3.8) is 0 Å². The van der Waals surface area contributed by atoms with Gasteiger partial charge in [-0.05, 0) is 25.2 Å². The van der Waals surface area contributed by atoms with Crippen LogP contribution in [0.5, 0.6) is 0 Å². The normalized spacial score (nSPS) is 26.7. The Hall–Kier alpha value is -0.940. The van der Waals surface area contributed by atoms with Gasteiger partial charge in [0.1, 0.15) is 0 Å². The first-order chi connectivity index (χ1) is 9.32. The Kier molecular flexibility index (Phi) is 3.84. The molecule has 0 aromatic carbocycles. The summed E-state index contributed by atoms with van der Waals surface area (Å²) in [5.74, 6) is 2.14. The van der Waals surface area contributed by atoms with Crippen LogP contribution in [0.4, 0.5) is 0 Å². The fraction of sp³-hybridized carbons (Fsp3) is 0.857. The molecule has 5 nitrogen and oxygen atoms in total. The van der Waals surface area contributed by atoms with Gasteiger partial charge in [0.15, 0.2) is 5.82 Å². The van der Waals surface area contributed by atoms with E-state index in [0.29, 0.717) is 12.5 Å². The van der Waals surface area contributed by atoms with Crippen LogP contribution in [0.1, 0.15) is 50.2 Å². The molecular weight excluding hydrogens is 242 g/mol. The Morgan fingerprint density at radius 2 is 2.11 bits per heavy atom. The molecule has 1 aliphatic carbocycles. The SMILES string of the molecule is NCC1(c2nc(CC3CCOC3)no2)CCCCC1. The van der Waals surface area contributed by atoms with Crippen LogP contribution in [0.25, 0.3) is 0 Å². The molecule has 0 radical (unpaired) electrons. The van der Waals surface area contributed by atoms with Crippen LogP contribution >= 0.6 is 0 Å². The fourth-order valence-corrected chi connectivity index (χ4v) is 3.29. The lowest BCUT2D eigenvalue weighted by atomic mass is 9.74. The number of nitrogens with zero attached hydrogens (tertiary/aromatic N) is 2. The molecule has 0 bridgehead atoms. The Balaban J connectivity index is 1.71. The molecule has 0 amide bonds. The van der Waals surface area contributed by atoms with Gasteiger partial charge in [0.05, 0.1) is 5.41 Å². The quantitative estimate of drug-likeness (QED) is 0.898. The van der Waals surface area contributed by atoms with Crippen molar-refractivity contribution in [1.82, 2.24) is 10.1 Å². The smallest absolute Gasteiger partial charge is 0.234 e. The summed E-state index contributed by atoms with van der Waals surface area (Å²) in [7, 11) is 0. The summed E-state index contributed by atoms with van der Waals surface area (Å²) < 4.78 is 10.9. The predicted octanol–water partition coefficient (Wildman–Crippen LogP) is 1.81. The maximum atomic E-state index is 6.00. The van der Waals surface area contributed by atoms with Gasteiger partial charge in [-0.1, -0.05) is 24.4 Å². The van der Waals surface area contributed by atoms with Crippen LogP contribution in [0.2, 0.25) is 0 Å². The highest BCUT2D eigenvalue weighted by Gasteiger charge is 2.38. The summed E-state index contributed by atoms with van der Waals surface area (Å²) in [5, 5.41) is 4.15. The van der Waals surface area contributed by atoms with Crippen molar-refractivity contribution in [1.29, 1.82) is 0 Å². The monoisotopic (exact) mass is 265 g/mol. The van der Waals surface area contributed by atoms with Crippen LogP contribution in [0, 0.1) is 5.92 Å². The molecule has 1 saturated heterocycles. The number of ether oxygens (including phenoxy) is 1. The first-order valence-electron chi connectivity index (χ1n) is 7.43. The van der Waals surface area contributed by atoms with Crippen molar-refractivity contribution < 1.29 is 9.26 Å². The van der Waals surface area contributed by atoms with Gasteiger partial charge < -0.3 is 15.0 Å². The molecule has 106 valence electrons. The minimum Gasteiger partial charge on any atom is -0.381 e. The van der Waals surface area contributed by atoms with E-state index in [1.165, 1.54) is 19.3 Å². The maximum absolute atomic E-state index is 6.00. The average Bonchev–Trinajstić information content (AvgIpc) is 3.12. The van der Waals surface area contributed by atoms with Crippen molar-refractivity contribution in [2.75, 3.05) is 19.8 Å². The molecule has 0 spiro atoms. The fourth-order valence-electron chi connectivity index (χ4n) is 3.29. The first-order valence-corrected chi connectivity index (χ1v) is 7.43. The zero-order valence-electron chi connectivity index (χ0n) is 11.4. The van der Waals surface area contributed by atoms with E-state index in [1.807, 2.05) is 0 Å². The molecule has 1 aromatic rings. The van der Waals surface area contributed by atoms with Crippen molar-refractivity contribution in [2.45, 2.75) is 50.4 Å². The maximum Gasteiger partial charge on any atom is 0.234 e. The summed E-state index contributed by atoms with van der Waals surface area (Å²) in [6.07, 6.45) is 7.85. The van der Waals surface area contributed by atoms with E-state index < -0.39 is 0 Å². The van der Waals surface area contributed by atoms with E-state index in [0.717, 1.165) is 50.6 Å². The van der Waals surface area contributed by atoms with Crippen molar-refractivity contribution in [2.24, 2.45) is 11.7 Å². The Morgan fingerprint density at radius 3 is 2.79 bits per heavy atom. The highest BCUT2D eigenvalue weighted by atomic mass is 16.5. The van der Waals surface area contributed by atoms with Gasteiger partial charge in [-0.25, -0.2) is 0 Å². The van der Waals surface area contributed by atoms with E-state index in [9.17, 15) is 0 Å². The van der Waals surface area contributed by atoms with Gasteiger partial charge in [-0.2, -0.15) is 4.98 Å². The van der Waals surface area contributed by atoms with Crippen molar-refractivity contribution in [3.8, 4) is 0 Å². The number of hydrogen-bond acceptors (Lipinski definition) is 5. The highest BCUT2D eigenvalue weighted by molar-refractivity contribution is 5.08. The van der Waals surface area contributed by atoms with Gasteiger partial charge >= 0.3 is 0 Å². The lowest BCUT2D eigenvalue weighted by Crippen LogP contribution is -2.37. The second kappa shape index (κ2) is 5.59. The molecule has 2 aliphatic rings. The minimum absolute atomic E-state index is 0.0598. The third kappa shape index (κ3) is 2.67. The summed E-state index contributed by atoms with van der Waals surface area (Å²) in [4.78, 5) is 4.63. The first kappa shape index (κ1) is 13.1. The van der Waals surface area contributed by atoms with E-state index in [4.69, 9.17) is 15.0 Å². The van der Waals surface area contributed by atoms with E-state index in [-0.39, 0.29) is 5.41 Å². The molecule has 1 unspecified atom stereocenters. The van der Waals surface area contributed by atoms with E-state index in [1.54, 1.807) is 0 Å². The van der Waals surface area contributed by atoms with Gasteiger partial charge in [0.2, 0.25) is 5.89 Å². The highest BCUT2D eigenvalue weighted by Crippen LogP contribution is 2.37. The van der Waals surface area contributed by atoms with Crippen LogP contribution in [0.15, 0.2) is 4.52 Å². The topological polar surface area (TPSA) is 74.2 Å². The largest absolute Gasteiger partial charge is 0.381 e. The van der Waals surface area contributed by atoms with Crippen molar-refractivity contribution in [3.05, 3.63) is 11.7 Å². The van der Waals surface area contributed by atoms with Crippen LogP contribution in [0.3, 0.4) is 0 Å². The number of aromatic nitrogens is 2. The van der Waals surface area contributed by atoms with Crippen LogP contribution in [-0.4, -0.2) is 29.9 Å². The summed E-state index contributed by atoms with van der Waals surface area (Å²) >= 11 is 0. The Labute approximate surface area is 113 Å². The molecule has 5 heteroatoms. The predicted molar refractivity (Wildman–Crippen MR) is 70.7 cm³/mol. The van der Waals surface area contributed by atoms with Crippen LogP contribution in [-0.2, 0) is 16.6 Å². The Morgan fingerprint density at radius 1 is 1.26 bits per heavy atom. The average molecular weight is 265 g/mol. The molecular formula is C14H23N3O2. The van der Waals surface area contributed by atoms with E-state index >= 15 is 0 Å². The third-order valence-electron chi connectivity index (χ3n) is 4.62. The van der Waals surface area contributed by atoms with Crippen LogP contribution < -0.4 is 5.73 Å². The van der Waals surface area contributed by atoms with Gasteiger partial charge in [0.25, 0.3) is 0 Å². The van der Waals surface area contributed by atoms with Gasteiger partial charge in [-0.3, -0.25) is 0 Å². The second-order valence-corrected chi connectivity index (χ2v) is 5.99. The molecule has 2 N–H and O–H groups in total. The molecule has 1 saturated carbocycles. The molecule has 1 aromatic heterocycles. The summed E-state index contributed by atoms with van der Waals surface area (Å²) in [6.45, 7) is 2.30. The molecule has 19 heavy (non-hydrogen) atoms. The Bertz CT molecular complexity index is 407. The van der Waals surface area contributed by atoms with Gasteiger partial charge in [-0.15, -0.1) is 0 Å². The standard InChI is InChI=1S/C14H23N3O2/c15-10-14(5-2-1-3-6-14)13-16-12(17-19-13)8-11-4-7-18-9-11/h11H,1-10,15H2. The molecule has 1 atom stereocenters. The second-order valence-electron chi connectivity index (χ2n) is 5.99. The zero-order chi connectivity index (χ0) is 13.1. The van der Waals surface area contributed by atoms with E-state index in [2.05, 4.69) is 10.1 Å². The molecule has 3 rings (SSSR count). The minimum atomic E-state index is -0.0598. The summed E-state index contributed by atoms with van der Waals surface area (Å²) in [5.41, 5.74) is 5.94. The number of nitrogens with two attached hydrogens (primary N) is 1. The number of rotatable bonds is 4. The lowest BCUT2D eigenvalue weighted by Gasteiger charge is -2.32. The molecule has 1 aliphatic heterocycles. The molecule has 2 heterocycles. The molecule has 2 fully saturated rings.